The zero-order valence-corrected chi connectivity index (χ0v) is 4.70. The highest BCUT2D eigenvalue weighted by atomic mass is 32.2. The van der Waals surface area contributed by atoms with Crippen molar-refractivity contribution < 1.29 is 4.74 Å². The van der Waals surface area contributed by atoms with Crippen molar-refractivity contribution in [2.45, 2.75) is 0 Å². The number of nitrogens with two attached hydrogens (primary N) is 1. The van der Waals surface area contributed by atoms with Gasteiger partial charge in [-0.05, 0) is 0 Å². The molecule has 0 bridgehead atoms. The van der Waals surface area contributed by atoms with E-state index in [0.29, 0.717) is 6.54 Å². The predicted octanol–water partition coefficient (Wildman–Crippen LogP) is 0.507. The molecule has 0 saturated heterocycles. The first-order valence-corrected chi connectivity index (χ1v) is 3.12. The fraction of sp³-hybridized carbons (Fsp3) is 0.500. The van der Waals surface area contributed by atoms with Crippen molar-refractivity contribution in [1.82, 2.24) is 0 Å². The first-order chi connectivity index (χ1) is 3.43. The van der Waals surface area contributed by atoms with E-state index >= 15 is 0 Å². The third-order valence-corrected chi connectivity index (χ3v) is 1.41. The van der Waals surface area contributed by atoms with Gasteiger partial charge in [0.1, 0.15) is 11.7 Å². The van der Waals surface area contributed by atoms with Gasteiger partial charge in [-0.15, -0.1) is 0 Å². The second kappa shape index (κ2) is 2.23. The Morgan fingerprint density at radius 1 is 2.00 bits per heavy atom. The molecule has 1 aliphatic heterocycles. The number of rotatable bonds is 1. The van der Waals surface area contributed by atoms with E-state index in [9.17, 15) is 0 Å². The van der Waals surface area contributed by atoms with Crippen LogP contribution in [-0.4, -0.2) is 12.5 Å². The second-order valence-electron chi connectivity index (χ2n) is 1.22. The van der Waals surface area contributed by atoms with Crippen LogP contribution >= 0.6 is 11.8 Å². The summed E-state index contributed by atoms with van der Waals surface area (Å²) in [5, 5.41) is 1.94. The lowest BCUT2D eigenvalue weighted by Crippen LogP contribution is -2.02. The Balaban J connectivity index is 2.36. The Bertz CT molecular complexity index is 91.7. The van der Waals surface area contributed by atoms with E-state index in [4.69, 9.17) is 10.5 Å². The number of thioether (sulfide) groups is 1. The van der Waals surface area contributed by atoms with E-state index < -0.39 is 0 Å². The van der Waals surface area contributed by atoms with Gasteiger partial charge in [-0.2, -0.15) is 0 Å². The Hall–Kier alpha value is -0.150. The van der Waals surface area contributed by atoms with Crippen LogP contribution in [-0.2, 0) is 4.74 Å². The lowest BCUT2D eigenvalue weighted by Gasteiger charge is -1.93. The molecular weight excluding hydrogens is 110 g/mol. The van der Waals surface area contributed by atoms with Crippen molar-refractivity contribution in [3.05, 3.63) is 11.2 Å². The monoisotopic (exact) mass is 117 g/mol. The maximum absolute atomic E-state index is 5.23. The average molecular weight is 117 g/mol. The quantitative estimate of drug-likeness (QED) is 0.543. The molecule has 0 atom stereocenters. The smallest absolute Gasteiger partial charge is 0.137 e. The van der Waals surface area contributed by atoms with Crippen molar-refractivity contribution in [2.75, 3.05) is 12.5 Å². The van der Waals surface area contributed by atoms with Crippen molar-refractivity contribution in [3.63, 3.8) is 0 Å². The van der Waals surface area contributed by atoms with Gasteiger partial charge >= 0.3 is 0 Å². The van der Waals surface area contributed by atoms with Crippen LogP contribution in [0.15, 0.2) is 11.2 Å². The summed E-state index contributed by atoms with van der Waals surface area (Å²) in [6.45, 7) is 0.535. The molecule has 3 heteroatoms. The SMILES string of the molecule is NCC1=CSCO1. The molecule has 7 heavy (non-hydrogen) atoms. The average Bonchev–Trinajstić information content (AvgIpc) is 2.14. The molecule has 1 rings (SSSR count). The van der Waals surface area contributed by atoms with Crippen LogP contribution in [0, 0.1) is 0 Å². The van der Waals surface area contributed by atoms with E-state index in [-0.39, 0.29) is 0 Å². The molecule has 2 nitrogen and oxygen atoms in total. The number of hydrogen-bond donors (Lipinski definition) is 1. The van der Waals surface area contributed by atoms with Crippen LogP contribution in [0.2, 0.25) is 0 Å². The van der Waals surface area contributed by atoms with Crippen LogP contribution in [0.3, 0.4) is 0 Å². The Kier molecular flexibility index (Phi) is 1.59. The summed E-state index contributed by atoms with van der Waals surface area (Å²) in [4.78, 5) is 0. The van der Waals surface area contributed by atoms with E-state index in [1.807, 2.05) is 5.41 Å². The van der Waals surface area contributed by atoms with Crippen LogP contribution in [0.4, 0.5) is 0 Å². The Morgan fingerprint density at radius 2 is 2.86 bits per heavy atom. The molecule has 0 spiro atoms. The van der Waals surface area contributed by atoms with Crippen molar-refractivity contribution in [3.8, 4) is 0 Å². The molecule has 0 aromatic rings. The van der Waals surface area contributed by atoms with Gasteiger partial charge < -0.3 is 10.5 Å². The fourth-order valence-corrected chi connectivity index (χ4v) is 1.02. The van der Waals surface area contributed by atoms with E-state index in [0.717, 1.165) is 11.7 Å². The summed E-state index contributed by atoms with van der Waals surface area (Å²) >= 11 is 1.64. The molecule has 0 fully saturated rings. The maximum atomic E-state index is 5.23. The van der Waals surface area contributed by atoms with Crippen LogP contribution in [0.1, 0.15) is 0 Å². The molecule has 0 aliphatic carbocycles. The second-order valence-corrected chi connectivity index (χ2v) is 2.02. The molecule has 0 aromatic carbocycles. The van der Waals surface area contributed by atoms with Crippen molar-refractivity contribution >= 4 is 11.8 Å². The largest absolute Gasteiger partial charge is 0.485 e. The van der Waals surface area contributed by atoms with Gasteiger partial charge in [-0.25, -0.2) is 0 Å². The van der Waals surface area contributed by atoms with Crippen molar-refractivity contribution in [2.24, 2.45) is 5.73 Å². The molecule has 40 valence electrons. The summed E-state index contributed by atoms with van der Waals surface area (Å²) in [6, 6.07) is 0. The zero-order chi connectivity index (χ0) is 5.11. The zero-order valence-electron chi connectivity index (χ0n) is 3.89. The highest BCUT2D eigenvalue weighted by molar-refractivity contribution is 8.02. The number of ether oxygens (including phenoxy) is 1. The molecule has 0 amide bonds. The van der Waals surface area contributed by atoms with Gasteiger partial charge in [0.05, 0.1) is 6.54 Å². The molecule has 0 radical (unpaired) electrons. The summed E-state index contributed by atoms with van der Waals surface area (Å²) in [6.07, 6.45) is 0. The first kappa shape index (κ1) is 5.00. The molecule has 1 aliphatic rings. The van der Waals surface area contributed by atoms with Crippen LogP contribution in [0.25, 0.3) is 0 Å². The summed E-state index contributed by atoms with van der Waals surface area (Å²) in [7, 11) is 0. The minimum absolute atomic E-state index is 0.535. The lowest BCUT2D eigenvalue weighted by molar-refractivity contribution is 0.278. The topological polar surface area (TPSA) is 35.2 Å². The normalized spacial score (nSPS) is 18.7. The third-order valence-electron chi connectivity index (χ3n) is 0.728. The standard InChI is InChI=1S/C4H7NOS/c5-1-4-2-7-3-6-4/h2H,1,3,5H2. The van der Waals surface area contributed by atoms with Gasteiger partial charge in [-0.3, -0.25) is 0 Å². The van der Waals surface area contributed by atoms with Crippen molar-refractivity contribution in [1.29, 1.82) is 0 Å². The van der Waals surface area contributed by atoms with Gasteiger partial charge in [0, 0.05) is 5.41 Å². The van der Waals surface area contributed by atoms with Crippen LogP contribution < -0.4 is 5.73 Å². The molecule has 1 heterocycles. The number of hydrogen-bond acceptors (Lipinski definition) is 3. The lowest BCUT2D eigenvalue weighted by atomic mass is 10.6. The Morgan fingerprint density at radius 3 is 3.14 bits per heavy atom. The van der Waals surface area contributed by atoms with E-state index in [2.05, 4.69) is 0 Å². The summed E-state index contributed by atoms with van der Waals surface area (Å²) in [5.74, 6) is 1.65. The molecular formula is C4H7NOS. The fourth-order valence-electron chi connectivity index (χ4n) is 0.378. The third kappa shape index (κ3) is 1.11. The van der Waals surface area contributed by atoms with Crippen LogP contribution in [0.5, 0.6) is 0 Å². The predicted molar refractivity (Wildman–Crippen MR) is 30.7 cm³/mol. The minimum Gasteiger partial charge on any atom is -0.485 e. The summed E-state index contributed by atoms with van der Waals surface area (Å²) in [5.41, 5.74) is 5.23. The minimum atomic E-state index is 0.535. The van der Waals surface area contributed by atoms with Gasteiger partial charge in [0.25, 0.3) is 0 Å². The highest BCUT2D eigenvalue weighted by Gasteiger charge is 2.00. The van der Waals surface area contributed by atoms with E-state index in [1.54, 1.807) is 11.8 Å². The summed E-state index contributed by atoms with van der Waals surface area (Å²) < 4.78 is 5.00. The first-order valence-electron chi connectivity index (χ1n) is 2.07. The highest BCUT2D eigenvalue weighted by Crippen LogP contribution is 2.16. The molecule has 0 saturated carbocycles. The molecule has 0 unspecified atom stereocenters. The van der Waals surface area contributed by atoms with Gasteiger partial charge in [-0.1, -0.05) is 11.8 Å². The maximum Gasteiger partial charge on any atom is 0.137 e. The molecule has 2 N–H and O–H groups in total. The Labute approximate surface area is 46.7 Å². The molecule has 0 aromatic heterocycles. The van der Waals surface area contributed by atoms with Gasteiger partial charge in [0.15, 0.2) is 0 Å². The van der Waals surface area contributed by atoms with E-state index in [1.165, 1.54) is 0 Å². The van der Waals surface area contributed by atoms with Gasteiger partial charge in [0.2, 0.25) is 0 Å².